The highest BCUT2D eigenvalue weighted by molar-refractivity contribution is 8.26. The number of nitrogens with zero attached hydrogens (tertiary/aromatic N) is 1. The predicted molar refractivity (Wildman–Crippen MR) is 108 cm³/mol. The second-order valence-corrected chi connectivity index (χ2v) is 7.74. The molecule has 144 valence electrons. The molecular weight excluding hydrogens is 386 g/mol. The molecule has 2 heterocycles. The Kier molecular flexibility index (Phi) is 6.73. The molecule has 2 aliphatic heterocycles. The smallest absolute Gasteiger partial charge is 0.305 e. The Morgan fingerprint density at radius 1 is 1.30 bits per heavy atom. The maximum atomic E-state index is 12.6. The van der Waals surface area contributed by atoms with Gasteiger partial charge in [0, 0.05) is 13.0 Å². The van der Waals surface area contributed by atoms with Gasteiger partial charge in [0.1, 0.15) is 4.32 Å². The first-order chi connectivity index (χ1) is 13.1. The fourth-order valence-electron chi connectivity index (χ4n) is 2.80. The van der Waals surface area contributed by atoms with Crippen LogP contribution < -0.4 is 9.47 Å². The summed E-state index contributed by atoms with van der Waals surface area (Å²) in [5.41, 5.74) is 0.870. The van der Waals surface area contributed by atoms with Crippen LogP contribution in [-0.2, 0) is 14.3 Å². The lowest BCUT2D eigenvalue weighted by Crippen LogP contribution is -2.29. The number of thioether (sulfide) groups is 1. The number of benzene rings is 1. The van der Waals surface area contributed by atoms with E-state index >= 15 is 0 Å². The molecule has 0 spiro atoms. The average molecular weight is 408 g/mol. The number of carbonyl (C=O) groups is 2. The molecule has 1 saturated heterocycles. The number of esters is 1. The second kappa shape index (κ2) is 9.23. The molecule has 0 aromatic heterocycles. The van der Waals surface area contributed by atoms with Crippen molar-refractivity contribution in [1.82, 2.24) is 4.90 Å². The van der Waals surface area contributed by atoms with E-state index in [9.17, 15) is 9.59 Å². The first kappa shape index (κ1) is 19.7. The molecule has 2 aliphatic rings. The third-order valence-corrected chi connectivity index (χ3v) is 5.51. The van der Waals surface area contributed by atoms with Crippen molar-refractivity contribution < 1.29 is 23.8 Å². The van der Waals surface area contributed by atoms with Gasteiger partial charge in [0.25, 0.3) is 5.91 Å². The normalized spacial score (nSPS) is 17.1. The molecule has 1 amide bonds. The lowest BCUT2D eigenvalue weighted by Gasteiger charge is -2.13. The molecule has 0 unspecified atom stereocenters. The van der Waals surface area contributed by atoms with Gasteiger partial charge in [-0.2, -0.15) is 0 Å². The Morgan fingerprint density at radius 3 is 2.93 bits per heavy atom. The SMILES string of the molecule is CCOC(=O)CCCCCN1C(=O)C(=Cc2ccc3c(c2)OCO3)SC1=S. The Hall–Kier alpha value is -2.06. The summed E-state index contributed by atoms with van der Waals surface area (Å²) >= 11 is 6.66. The van der Waals surface area contributed by atoms with E-state index in [0.717, 1.165) is 24.8 Å². The zero-order valence-electron chi connectivity index (χ0n) is 15.1. The lowest BCUT2D eigenvalue weighted by molar-refractivity contribution is -0.143. The van der Waals surface area contributed by atoms with Crippen LogP contribution >= 0.6 is 24.0 Å². The van der Waals surface area contributed by atoms with Gasteiger partial charge >= 0.3 is 5.97 Å². The van der Waals surface area contributed by atoms with Gasteiger partial charge in [0.05, 0.1) is 11.5 Å². The summed E-state index contributed by atoms with van der Waals surface area (Å²) < 4.78 is 16.1. The van der Waals surface area contributed by atoms with E-state index in [2.05, 4.69) is 0 Å². The van der Waals surface area contributed by atoms with Crippen LogP contribution in [0.4, 0.5) is 0 Å². The minimum atomic E-state index is -0.172. The summed E-state index contributed by atoms with van der Waals surface area (Å²) in [7, 11) is 0. The number of amides is 1. The van der Waals surface area contributed by atoms with E-state index in [0.29, 0.717) is 40.3 Å². The molecule has 27 heavy (non-hydrogen) atoms. The van der Waals surface area contributed by atoms with E-state index in [4.69, 9.17) is 26.4 Å². The number of thiocarbonyl (C=S) groups is 1. The predicted octanol–water partition coefficient (Wildman–Crippen LogP) is 3.74. The highest BCUT2D eigenvalue weighted by Gasteiger charge is 2.31. The second-order valence-electron chi connectivity index (χ2n) is 6.06. The molecule has 1 fully saturated rings. The summed E-state index contributed by atoms with van der Waals surface area (Å²) in [6.45, 7) is 2.98. The molecule has 0 atom stereocenters. The molecule has 0 N–H and O–H groups in total. The largest absolute Gasteiger partial charge is 0.466 e. The quantitative estimate of drug-likeness (QED) is 0.281. The van der Waals surface area contributed by atoms with Crippen molar-refractivity contribution in [3.8, 4) is 11.5 Å². The topological polar surface area (TPSA) is 65.1 Å². The maximum absolute atomic E-state index is 12.6. The van der Waals surface area contributed by atoms with Crippen LogP contribution in [0.1, 0.15) is 38.2 Å². The standard InChI is InChI=1S/C19H21NO5S2/c1-2-23-17(21)6-4-3-5-9-20-18(22)16(27-19(20)26)11-13-7-8-14-15(10-13)25-12-24-14/h7-8,10-11H,2-6,9,12H2,1H3. The van der Waals surface area contributed by atoms with Gasteiger partial charge in [-0.25, -0.2) is 0 Å². The highest BCUT2D eigenvalue weighted by atomic mass is 32.2. The fourth-order valence-corrected chi connectivity index (χ4v) is 4.10. The van der Waals surface area contributed by atoms with Gasteiger partial charge in [-0.15, -0.1) is 0 Å². The Balaban J connectivity index is 1.51. The van der Waals surface area contributed by atoms with E-state index < -0.39 is 0 Å². The Labute approximate surface area is 167 Å². The van der Waals surface area contributed by atoms with E-state index in [1.54, 1.807) is 11.8 Å². The summed E-state index contributed by atoms with van der Waals surface area (Å²) in [6, 6.07) is 5.57. The number of hydrogen-bond acceptors (Lipinski definition) is 7. The number of fused-ring (bicyclic) bond motifs is 1. The van der Waals surface area contributed by atoms with Crippen LogP contribution in [0.5, 0.6) is 11.5 Å². The minimum Gasteiger partial charge on any atom is -0.466 e. The van der Waals surface area contributed by atoms with Crippen molar-refractivity contribution >= 4 is 46.3 Å². The van der Waals surface area contributed by atoms with Crippen molar-refractivity contribution in [3.63, 3.8) is 0 Å². The zero-order chi connectivity index (χ0) is 19.2. The summed E-state index contributed by atoms with van der Waals surface area (Å²) in [4.78, 5) is 26.2. The van der Waals surface area contributed by atoms with Crippen LogP contribution in [0.15, 0.2) is 23.1 Å². The van der Waals surface area contributed by atoms with Crippen LogP contribution in [-0.4, -0.2) is 41.0 Å². The Morgan fingerprint density at radius 2 is 2.11 bits per heavy atom. The molecule has 0 saturated carbocycles. The number of hydrogen-bond donors (Lipinski definition) is 0. The van der Waals surface area contributed by atoms with Crippen molar-refractivity contribution in [1.29, 1.82) is 0 Å². The highest BCUT2D eigenvalue weighted by Crippen LogP contribution is 2.36. The number of rotatable bonds is 8. The lowest BCUT2D eigenvalue weighted by atomic mass is 10.1. The molecule has 6 nitrogen and oxygen atoms in total. The summed E-state index contributed by atoms with van der Waals surface area (Å²) in [5.74, 6) is 1.14. The maximum Gasteiger partial charge on any atom is 0.305 e. The number of ether oxygens (including phenoxy) is 3. The van der Waals surface area contributed by atoms with Crippen molar-refractivity contribution in [2.45, 2.75) is 32.6 Å². The molecular formula is C19H21NO5S2. The zero-order valence-corrected chi connectivity index (χ0v) is 16.7. The van der Waals surface area contributed by atoms with E-state index in [1.807, 2.05) is 24.3 Å². The van der Waals surface area contributed by atoms with Crippen molar-refractivity contribution in [2.24, 2.45) is 0 Å². The molecule has 3 rings (SSSR count). The van der Waals surface area contributed by atoms with Gasteiger partial charge in [-0.1, -0.05) is 36.5 Å². The average Bonchev–Trinajstić information content (AvgIpc) is 3.20. The van der Waals surface area contributed by atoms with Crippen molar-refractivity contribution in [2.75, 3.05) is 19.9 Å². The van der Waals surface area contributed by atoms with Crippen LogP contribution in [0, 0.1) is 0 Å². The van der Waals surface area contributed by atoms with Gasteiger partial charge in [0.2, 0.25) is 6.79 Å². The monoisotopic (exact) mass is 407 g/mol. The minimum absolute atomic E-state index is 0.0759. The molecule has 1 aromatic carbocycles. The molecule has 0 bridgehead atoms. The summed E-state index contributed by atoms with van der Waals surface area (Å²) in [5, 5.41) is 0. The third-order valence-electron chi connectivity index (χ3n) is 4.14. The van der Waals surface area contributed by atoms with Crippen LogP contribution in [0.25, 0.3) is 6.08 Å². The van der Waals surface area contributed by atoms with Gasteiger partial charge in [-0.3, -0.25) is 14.5 Å². The van der Waals surface area contributed by atoms with Gasteiger partial charge in [-0.05, 0) is 43.5 Å². The van der Waals surface area contributed by atoms with Crippen LogP contribution in [0.2, 0.25) is 0 Å². The van der Waals surface area contributed by atoms with Crippen molar-refractivity contribution in [3.05, 3.63) is 28.7 Å². The Bertz CT molecular complexity index is 777. The third kappa shape index (κ3) is 5.01. The first-order valence-corrected chi connectivity index (χ1v) is 10.1. The van der Waals surface area contributed by atoms with E-state index in [1.165, 1.54) is 11.8 Å². The van der Waals surface area contributed by atoms with Gasteiger partial charge in [0.15, 0.2) is 11.5 Å². The van der Waals surface area contributed by atoms with Crippen LogP contribution in [0.3, 0.4) is 0 Å². The molecule has 0 radical (unpaired) electrons. The summed E-state index contributed by atoms with van der Waals surface area (Å²) in [6.07, 6.45) is 4.62. The number of unbranched alkanes of at least 4 members (excludes halogenated alkanes) is 2. The number of carbonyl (C=O) groups excluding carboxylic acids is 2. The molecule has 0 aliphatic carbocycles. The van der Waals surface area contributed by atoms with Gasteiger partial charge < -0.3 is 14.2 Å². The fraction of sp³-hybridized carbons (Fsp3) is 0.421. The molecule has 1 aromatic rings. The van der Waals surface area contributed by atoms with E-state index in [-0.39, 0.29) is 18.7 Å². The first-order valence-electron chi connectivity index (χ1n) is 8.89. The molecule has 8 heteroatoms.